The summed E-state index contributed by atoms with van der Waals surface area (Å²) < 4.78 is 33.8. The number of nitrogens with zero attached hydrogens (tertiary/aromatic N) is 1. The molecule has 2 atom stereocenters. The van der Waals surface area contributed by atoms with Crippen molar-refractivity contribution >= 4 is 0 Å². The maximum Gasteiger partial charge on any atom is 0.131 e. The first-order valence-corrected chi connectivity index (χ1v) is 7.18. The first-order valence-electron chi connectivity index (χ1n) is 7.18. The van der Waals surface area contributed by atoms with Crippen LogP contribution in [0.5, 0.6) is 0 Å². The van der Waals surface area contributed by atoms with Gasteiger partial charge in [0.05, 0.1) is 18.8 Å². The van der Waals surface area contributed by atoms with E-state index in [1.165, 1.54) is 18.2 Å². The minimum atomic E-state index is -0.520. The zero-order chi connectivity index (χ0) is 14.5. The quantitative estimate of drug-likeness (QED) is 0.898. The van der Waals surface area contributed by atoms with Crippen molar-refractivity contribution in [3.63, 3.8) is 0 Å². The minimum Gasteiger partial charge on any atom is -0.374 e. The smallest absolute Gasteiger partial charge is 0.131 e. The van der Waals surface area contributed by atoms with E-state index in [9.17, 15) is 8.78 Å². The summed E-state index contributed by atoms with van der Waals surface area (Å²) in [6.07, 6.45) is -0.241. The maximum atomic E-state index is 14.0. The summed E-state index contributed by atoms with van der Waals surface area (Å²) in [4.78, 5) is 2.23. The Labute approximate surface area is 118 Å². The first-order chi connectivity index (χ1) is 9.67. The zero-order valence-corrected chi connectivity index (χ0v) is 12.0. The number of hydrogen-bond donors (Lipinski definition) is 1. The molecule has 20 heavy (non-hydrogen) atoms. The van der Waals surface area contributed by atoms with Crippen molar-refractivity contribution in [1.82, 2.24) is 10.2 Å². The highest BCUT2D eigenvalue weighted by atomic mass is 19.1. The molecule has 1 aliphatic heterocycles. The third kappa shape index (κ3) is 3.34. The number of ether oxygens (including phenoxy) is 1. The maximum absolute atomic E-state index is 14.0. The Morgan fingerprint density at radius 1 is 1.35 bits per heavy atom. The molecule has 2 rings (SSSR count). The minimum absolute atomic E-state index is 0.0808. The van der Waals surface area contributed by atoms with Crippen molar-refractivity contribution < 1.29 is 13.5 Å². The van der Waals surface area contributed by atoms with Gasteiger partial charge in [-0.1, -0.05) is 19.9 Å². The number of nitrogens with one attached hydrogen (secondary N) is 1. The van der Waals surface area contributed by atoms with Gasteiger partial charge in [-0.05, 0) is 25.2 Å². The molecule has 1 aliphatic rings. The Morgan fingerprint density at radius 2 is 2.05 bits per heavy atom. The lowest BCUT2D eigenvalue weighted by Crippen LogP contribution is -2.48. The number of rotatable bonds is 5. The molecule has 0 saturated carbocycles. The summed E-state index contributed by atoms with van der Waals surface area (Å²) in [5.41, 5.74) is 0.0808. The van der Waals surface area contributed by atoms with Gasteiger partial charge >= 0.3 is 0 Å². The Hall–Kier alpha value is -1.04. The summed E-state index contributed by atoms with van der Waals surface area (Å²) in [6, 6.07) is 3.51. The Bertz CT molecular complexity index is 422. The van der Waals surface area contributed by atoms with E-state index in [4.69, 9.17) is 4.74 Å². The lowest BCUT2D eigenvalue weighted by Gasteiger charge is -2.37. The van der Waals surface area contributed by atoms with Gasteiger partial charge in [0.2, 0.25) is 0 Å². The molecule has 1 aromatic carbocycles. The van der Waals surface area contributed by atoms with E-state index in [1.807, 2.05) is 6.92 Å². The van der Waals surface area contributed by atoms with E-state index in [-0.39, 0.29) is 11.7 Å². The number of morpholine rings is 1. The van der Waals surface area contributed by atoms with Crippen LogP contribution in [0.2, 0.25) is 0 Å². The highest BCUT2D eigenvalue weighted by Gasteiger charge is 2.31. The summed E-state index contributed by atoms with van der Waals surface area (Å²) in [7, 11) is 0. The van der Waals surface area contributed by atoms with Gasteiger partial charge in [-0.2, -0.15) is 0 Å². The fourth-order valence-corrected chi connectivity index (χ4v) is 2.67. The molecule has 0 aromatic heterocycles. The molecule has 1 aromatic rings. The molecule has 1 N–H and O–H groups in total. The lowest BCUT2D eigenvalue weighted by molar-refractivity contribution is -0.0464. The van der Waals surface area contributed by atoms with Crippen LogP contribution in [0.25, 0.3) is 0 Å². The van der Waals surface area contributed by atoms with Crippen LogP contribution in [-0.4, -0.2) is 43.8 Å². The average molecular weight is 284 g/mol. The molecule has 2 unspecified atom stereocenters. The first kappa shape index (κ1) is 15.4. The zero-order valence-electron chi connectivity index (χ0n) is 12.0. The van der Waals surface area contributed by atoms with Crippen LogP contribution in [-0.2, 0) is 4.74 Å². The van der Waals surface area contributed by atoms with Crippen LogP contribution in [0.15, 0.2) is 18.2 Å². The third-order valence-electron chi connectivity index (χ3n) is 3.73. The van der Waals surface area contributed by atoms with Crippen LogP contribution in [0, 0.1) is 11.6 Å². The van der Waals surface area contributed by atoms with Crippen LogP contribution < -0.4 is 5.32 Å². The molecule has 1 heterocycles. The van der Waals surface area contributed by atoms with E-state index in [0.717, 1.165) is 13.1 Å². The van der Waals surface area contributed by atoms with Crippen LogP contribution in [0.3, 0.4) is 0 Å². The molecule has 0 radical (unpaired) electrons. The molecule has 0 aliphatic carbocycles. The van der Waals surface area contributed by atoms with Gasteiger partial charge in [0.15, 0.2) is 0 Å². The second kappa shape index (κ2) is 7.11. The van der Waals surface area contributed by atoms with Gasteiger partial charge in [0.25, 0.3) is 0 Å². The van der Waals surface area contributed by atoms with Gasteiger partial charge < -0.3 is 10.1 Å². The van der Waals surface area contributed by atoms with Crippen molar-refractivity contribution in [3.05, 3.63) is 35.4 Å². The summed E-state index contributed by atoms with van der Waals surface area (Å²) in [6.45, 7) is 7.69. The molecule has 0 amide bonds. The van der Waals surface area contributed by atoms with Crippen molar-refractivity contribution in [2.75, 3.05) is 32.8 Å². The number of halogens is 2. The molecule has 1 saturated heterocycles. The number of benzene rings is 1. The topological polar surface area (TPSA) is 24.5 Å². The van der Waals surface area contributed by atoms with E-state index < -0.39 is 17.7 Å². The van der Waals surface area contributed by atoms with Crippen LogP contribution in [0.1, 0.15) is 25.5 Å². The van der Waals surface area contributed by atoms with Crippen LogP contribution >= 0.6 is 0 Å². The molecule has 0 spiro atoms. The third-order valence-corrected chi connectivity index (χ3v) is 3.73. The molecular weight excluding hydrogens is 262 g/mol. The standard InChI is InChI=1S/C15H22F2N2O/c1-3-18-15(13-10-19(4-2)8-9-20-13)14-11(16)6-5-7-12(14)17/h5-7,13,15,18H,3-4,8-10H2,1-2H3. The highest BCUT2D eigenvalue weighted by molar-refractivity contribution is 5.24. The van der Waals surface area contributed by atoms with Gasteiger partial charge in [0, 0.05) is 18.7 Å². The number of hydrogen-bond acceptors (Lipinski definition) is 3. The summed E-state index contributed by atoms with van der Waals surface area (Å²) in [5.74, 6) is -1.04. The largest absolute Gasteiger partial charge is 0.374 e. The SMILES string of the molecule is CCNC(c1c(F)cccc1F)C1CN(CC)CCO1. The van der Waals surface area contributed by atoms with E-state index in [0.29, 0.717) is 19.7 Å². The summed E-state index contributed by atoms with van der Waals surface area (Å²) >= 11 is 0. The van der Waals surface area contributed by atoms with Gasteiger partial charge in [-0.3, -0.25) is 4.90 Å². The monoisotopic (exact) mass is 284 g/mol. The van der Waals surface area contributed by atoms with Crippen molar-refractivity contribution in [2.24, 2.45) is 0 Å². The molecular formula is C15H22F2N2O. The molecule has 1 fully saturated rings. The normalized spacial score (nSPS) is 21.9. The van der Waals surface area contributed by atoms with Crippen molar-refractivity contribution in [2.45, 2.75) is 26.0 Å². The number of likely N-dealkylation sites (N-methyl/N-ethyl adjacent to an activating group) is 2. The van der Waals surface area contributed by atoms with Gasteiger partial charge in [-0.15, -0.1) is 0 Å². The molecule has 112 valence electrons. The Morgan fingerprint density at radius 3 is 2.65 bits per heavy atom. The second-order valence-electron chi connectivity index (χ2n) is 4.97. The lowest BCUT2D eigenvalue weighted by atomic mass is 9.98. The Kier molecular flexibility index (Phi) is 5.46. The fraction of sp³-hybridized carbons (Fsp3) is 0.600. The van der Waals surface area contributed by atoms with E-state index >= 15 is 0 Å². The predicted molar refractivity (Wildman–Crippen MR) is 74.6 cm³/mol. The predicted octanol–water partition coefficient (Wildman–Crippen LogP) is 2.34. The molecule has 5 heteroatoms. The van der Waals surface area contributed by atoms with Crippen LogP contribution in [0.4, 0.5) is 8.78 Å². The average Bonchev–Trinajstić information content (AvgIpc) is 2.46. The van der Waals surface area contributed by atoms with E-state index in [1.54, 1.807) is 0 Å². The van der Waals surface area contributed by atoms with Gasteiger partial charge in [-0.25, -0.2) is 8.78 Å². The van der Waals surface area contributed by atoms with Gasteiger partial charge in [0.1, 0.15) is 11.6 Å². The second-order valence-corrected chi connectivity index (χ2v) is 4.97. The van der Waals surface area contributed by atoms with Crippen molar-refractivity contribution in [3.8, 4) is 0 Å². The van der Waals surface area contributed by atoms with Crippen molar-refractivity contribution in [1.29, 1.82) is 0 Å². The molecule has 0 bridgehead atoms. The summed E-state index contributed by atoms with van der Waals surface area (Å²) in [5, 5.41) is 3.16. The van der Waals surface area contributed by atoms with E-state index in [2.05, 4.69) is 17.1 Å². The fourth-order valence-electron chi connectivity index (χ4n) is 2.67. The highest BCUT2D eigenvalue weighted by Crippen LogP contribution is 2.27. The molecule has 3 nitrogen and oxygen atoms in total. The Balaban J connectivity index is 2.26.